The second kappa shape index (κ2) is 28.1. The van der Waals surface area contributed by atoms with Crippen LogP contribution >= 0.6 is 11.6 Å². The van der Waals surface area contributed by atoms with Crippen LogP contribution in [0, 0.1) is 17.3 Å². The van der Waals surface area contributed by atoms with Crippen molar-refractivity contribution >= 4 is 23.5 Å². The predicted molar refractivity (Wildman–Crippen MR) is 223 cm³/mol. The molecule has 0 radical (unpaired) electrons. The molecule has 2 saturated carbocycles. The van der Waals surface area contributed by atoms with Crippen LogP contribution in [0.5, 0.6) is 5.75 Å². The smallest absolute Gasteiger partial charge is 0.338 e. The van der Waals surface area contributed by atoms with E-state index in [1.54, 1.807) is 12.1 Å². The van der Waals surface area contributed by atoms with Crippen LogP contribution in [-0.2, 0) is 14.3 Å². The molecule has 2 fully saturated rings. The van der Waals surface area contributed by atoms with E-state index in [-0.39, 0.29) is 42.5 Å². The van der Waals surface area contributed by atoms with E-state index in [9.17, 15) is 14.7 Å². The molecular formula is C47H75ClO6. The van der Waals surface area contributed by atoms with Gasteiger partial charge in [-0.1, -0.05) is 134 Å². The Morgan fingerprint density at radius 2 is 1.50 bits per heavy atom. The third-order valence-corrected chi connectivity index (χ3v) is 12.4. The molecule has 1 aromatic carbocycles. The van der Waals surface area contributed by atoms with Crippen LogP contribution in [0.1, 0.15) is 185 Å². The molecule has 6 nitrogen and oxygen atoms in total. The van der Waals surface area contributed by atoms with Gasteiger partial charge in [0.2, 0.25) is 0 Å². The van der Waals surface area contributed by atoms with E-state index in [2.05, 4.69) is 38.2 Å². The molecule has 0 amide bonds. The van der Waals surface area contributed by atoms with E-state index < -0.39 is 5.97 Å². The quantitative estimate of drug-likeness (QED) is 0.0350. The molecule has 306 valence electrons. The molecule has 2 unspecified atom stereocenters. The monoisotopic (exact) mass is 771 g/mol. The minimum atomic E-state index is -0.400. The molecule has 54 heavy (non-hydrogen) atoms. The lowest BCUT2D eigenvalue weighted by Crippen LogP contribution is -2.28. The topological polar surface area (TPSA) is 82.1 Å². The lowest BCUT2D eigenvalue weighted by molar-refractivity contribution is -0.144. The highest BCUT2D eigenvalue weighted by atomic mass is 35.5. The highest BCUT2D eigenvalue weighted by Crippen LogP contribution is 2.47. The van der Waals surface area contributed by atoms with Crippen molar-refractivity contribution in [1.29, 1.82) is 0 Å². The zero-order valence-corrected chi connectivity index (χ0v) is 34.8. The number of hydrogen-bond acceptors (Lipinski definition) is 6. The first-order valence-electron chi connectivity index (χ1n) is 22.1. The van der Waals surface area contributed by atoms with Gasteiger partial charge in [-0.15, -0.1) is 11.6 Å². The summed E-state index contributed by atoms with van der Waals surface area (Å²) in [5.74, 6) is 0.382. The summed E-state index contributed by atoms with van der Waals surface area (Å²) in [7, 11) is 0. The Kier molecular flexibility index (Phi) is 24.0. The molecule has 1 aromatic rings. The molecule has 2 aliphatic rings. The lowest BCUT2D eigenvalue weighted by atomic mass is 9.64. The van der Waals surface area contributed by atoms with Gasteiger partial charge in [0.25, 0.3) is 0 Å². The van der Waals surface area contributed by atoms with Gasteiger partial charge in [-0.3, -0.25) is 4.79 Å². The van der Waals surface area contributed by atoms with E-state index in [1.165, 1.54) is 109 Å². The van der Waals surface area contributed by atoms with Gasteiger partial charge < -0.3 is 19.3 Å². The van der Waals surface area contributed by atoms with E-state index >= 15 is 0 Å². The van der Waals surface area contributed by atoms with Gasteiger partial charge in [-0.05, 0) is 87.3 Å². The molecule has 0 spiro atoms. The van der Waals surface area contributed by atoms with Crippen LogP contribution in [0.3, 0.4) is 0 Å². The largest absolute Gasteiger partial charge is 0.494 e. The van der Waals surface area contributed by atoms with Crippen molar-refractivity contribution in [1.82, 2.24) is 0 Å². The second-order valence-corrected chi connectivity index (χ2v) is 16.7. The van der Waals surface area contributed by atoms with Crippen LogP contribution in [-0.4, -0.2) is 48.3 Å². The Morgan fingerprint density at radius 1 is 0.815 bits per heavy atom. The molecule has 7 heteroatoms. The van der Waals surface area contributed by atoms with Crippen molar-refractivity contribution in [3.05, 3.63) is 54.1 Å². The lowest BCUT2D eigenvalue weighted by Gasteiger charge is -2.41. The maximum atomic E-state index is 12.6. The number of ether oxygens (including phenoxy) is 3. The number of allylic oxidation sites excluding steroid dienone is 3. The fraction of sp³-hybridized carbons (Fsp3) is 0.745. The highest BCUT2D eigenvalue weighted by Gasteiger charge is 2.39. The predicted octanol–water partition coefficient (Wildman–Crippen LogP) is 12.9. The number of benzene rings is 1. The number of rotatable bonds is 31. The summed E-state index contributed by atoms with van der Waals surface area (Å²) in [6, 6.07) is 7.15. The fourth-order valence-electron chi connectivity index (χ4n) is 8.09. The summed E-state index contributed by atoms with van der Waals surface area (Å²) in [6.45, 7) is 5.64. The van der Waals surface area contributed by atoms with Crippen LogP contribution in [0.4, 0.5) is 0 Å². The van der Waals surface area contributed by atoms with E-state index in [4.69, 9.17) is 25.8 Å². The number of halogens is 1. The molecule has 0 aliphatic heterocycles. The van der Waals surface area contributed by atoms with Gasteiger partial charge in [-0.2, -0.15) is 0 Å². The van der Waals surface area contributed by atoms with Crippen LogP contribution in [0.15, 0.2) is 48.6 Å². The highest BCUT2D eigenvalue weighted by molar-refractivity contribution is 6.21. The fourth-order valence-corrected chi connectivity index (χ4v) is 8.54. The van der Waals surface area contributed by atoms with Gasteiger partial charge in [0.05, 0.1) is 31.5 Å². The van der Waals surface area contributed by atoms with Gasteiger partial charge in [0.1, 0.15) is 5.75 Å². The first-order chi connectivity index (χ1) is 26.4. The Balaban J connectivity index is 1.16. The van der Waals surface area contributed by atoms with Crippen molar-refractivity contribution in [2.75, 3.05) is 19.8 Å². The number of aliphatic hydroxyl groups excluding tert-OH is 1. The number of carbonyl (C=O) groups is 2. The van der Waals surface area contributed by atoms with E-state index in [0.29, 0.717) is 49.0 Å². The molecule has 0 heterocycles. The van der Waals surface area contributed by atoms with Gasteiger partial charge in [0, 0.05) is 24.1 Å². The number of aliphatic hydroxyl groups is 1. The Morgan fingerprint density at radius 3 is 2.17 bits per heavy atom. The molecule has 0 aromatic heterocycles. The van der Waals surface area contributed by atoms with E-state index in [0.717, 1.165) is 25.7 Å². The maximum absolute atomic E-state index is 12.6. The molecule has 3 rings (SSSR count). The Bertz CT molecular complexity index is 1200. The summed E-state index contributed by atoms with van der Waals surface area (Å²) in [4.78, 5) is 24.8. The van der Waals surface area contributed by atoms with Crippen molar-refractivity contribution in [2.24, 2.45) is 17.3 Å². The van der Waals surface area contributed by atoms with Gasteiger partial charge in [-0.25, -0.2) is 4.79 Å². The molecule has 1 N–H and O–H groups in total. The van der Waals surface area contributed by atoms with E-state index in [1.807, 2.05) is 12.1 Å². The third-order valence-electron chi connectivity index (χ3n) is 11.9. The summed E-state index contributed by atoms with van der Waals surface area (Å²) >= 11 is 6.65. The Hall–Kier alpha value is -2.31. The summed E-state index contributed by atoms with van der Waals surface area (Å²) in [6.07, 6.45) is 37.0. The number of esters is 2. The SMILES string of the molecule is CCCCCCCCCCCCCCCOc1cccc(C(=O)OCCCOC(=O)CCC/C=C\C[C@H]2C(Cl)C[C@@H](O)C2/C=C/CCC2(CC)CCC2)c1. The summed E-state index contributed by atoms with van der Waals surface area (Å²) in [5, 5.41) is 10.6. The third kappa shape index (κ3) is 18.5. The minimum absolute atomic E-state index is 0.0231. The molecule has 0 bridgehead atoms. The summed E-state index contributed by atoms with van der Waals surface area (Å²) < 4.78 is 16.7. The normalized spacial score (nSPS) is 20.7. The summed E-state index contributed by atoms with van der Waals surface area (Å²) in [5.41, 5.74) is 1.02. The first-order valence-corrected chi connectivity index (χ1v) is 22.5. The average Bonchev–Trinajstić information content (AvgIpc) is 3.42. The molecule has 4 atom stereocenters. The number of carbonyl (C=O) groups excluding carboxylic acids is 2. The zero-order valence-electron chi connectivity index (χ0n) is 34.1. The van der Waals surface area contributed by atoms with Crippen LogP contribution < -0.4 is 4.74 Å². The van der Waals surface area contributed by atoms with Gasteiger partial charge in [0.15, 0.2) is 0 Å². The maximum Gasteiger partial charge on any atom is 0.338 e. The van der Waals surface area contributed by atoms with Crippen molar-refractivity contribution < 1.29 is 28.9 Å². The van der Waals surface area contributed by atoms with Crippen molar-refractivity contribution in [3.63, 3.8) is 0 Å². The molecule has 0 saturated heterocycles. The van der Waals surface area contributed by atoms with Crippen molar-refractivity contribution in [3.8, 4) is 5.75 Å². The average molecular weight is 772 g/mol. The van der Waals surface area contributed by atoms with Crippen LogP contribution in [0.2, 0.25) is 0 Å². The number of unbranched alkanes of at least 4 members (excludes halogenated alkanes) is 13. The van der Waals surface area contributed by atoms with Gasteiger partial charge >= 0.3 is 11.9 Å². The first kappa shape index (κ1) is 46.1. The Labute approximate surface area is 334 Å². The van der Waals surface area contributed by atoms with Crippen molar-refractivity contribution in [2.45, 2.75) is 186 Å². The number of hydrogen-bond donors (Lipinski definition) is 1. The zero-order chi connectivity index (χ0) is 38.7. The molecule has 2 aliphatic carbocycles. The van der Waals surface area contributed by atoms with Crippen LogP contribution in [0.25, 0.3) is 0 Å². The standard InChI is InChI=1S/C47H75ClO6/c1-3-5-6-7-8-9-10-11-12-13-14-17-22-34-52-40-27-23-26-39(37-40)46(51)54-36-25-35-53-45(50)30-19-16-15-18-28-41-42(44(49)38-43(41)48)29-20-21-31-47(4-2)32-24-33-47/h15,18,20,23,26-27,29,37,41-44,49H,3-14,16-17,19,21-22,24-25,28,30-36,38H2,1-2H3/b18-15-,29-20+/t41-,42?,43?,44-/m1/s1. The number of alkyl halides is 1. The second-order valence-electron chi connectivity index (χ2n) is 16.2. The molecular weight excluding hydrogens is 696 g/mol. The minimum Gasteiger partial charge on any atom is -0.494 e.